The van der Waals surface area contributed by atoms with Gasteiger partial charge in [0.1, 0.15) is 0 Å². The van der Waals surface area contributed by atoms with Crippen LogP contribution < -0.4 is 5.56 Å². The van der Waals surface area contributed by atoms with Crippen molar-refractivity contribution in [2.45, 2.75) is 4.90 Å². The van der Waals surface area contributed by atoms with Gasteiger partial charge in [0.2, 0.25) is 0 Å². The molecule has 7 nitrogen and oxygen atoms in total. The molecule has 0 atom stereocenters. The van der Waals surface area contributed by atoms with E-state index in [2.05, 4.69) is 11.1 Å². The lowest BCUT2D eigenvalue weighted by molar-refractivity contribution is 0.483. The second-order valence-corrected chi connectivity index (χ2v) is 9.24. The van der Waals surface area contributed by atoms with Gasteiger partial charge in [-0.3, -0.25) is 18.9 Å². The Morgan fingerprint density at radius 3 is 2.00 bits per heavy atom. The number of nitriles is 1. The highest BCUT2D eigenvalue weighted by atomic mass is 32.2. The number of hydrogen-bond donors (Lipinski definition) is 1. The van der Waals surface area contributed by atoms with Crippen LogP contribution in [-0.4, -0.2) is 22.5 Å². The lowest BCUT2D eigenvalue weighted by Gasteiger charge is -2.13. The molecule has 182 valence electrons. The van der Waals surface area contributed by atoms with Crippen LogP contribution in [0.2, 0.25) is 0 Å². The van der Waals surface area contributed by atoms with Crippen molar-refractivity contribution in [3.8, 4) is 34.1 Å². The van der Waals surface area contributed by atoms with Gasteiger partial charge in [-0.15, -0.1) is 0 Å². The highest BCUT2D eigenvalue weighted by Crippen LogP contribution is 2.26. The standard InChI is InChI=1S/C23H15N3O.C6H6O3S/c24-15-17-8-4-5-11-20(17)21-14-18(22-12-6-7-13-25-22)16-26(23(21)27)19-9-2-1-3-10-19;7-10(8,9)6-4-2-1-3-5-6/h1-14,16H;1-5H,(H,7,8,9). The molecule has 1 N–H and O–H groups in total. The Morgan fingerprint density at radius 1 is 0.784 bits per heavy atom. The van der Waals surface area contributed by atoms with Crippen LogP contribution in [0.25, 0.3) is 28.1 Å². The van der Waals surface area contributed by atoms with Gasteiger partial charge in [-0.1, -0.05) is 60.7 Å². The molecule has 8 heteroatoms. The Labute approximate surface area is 214 Å². The maximum Gasteiger partial charge on any atom is 0.294 e. The fourth-order valence-corrected chi connectivity index (χ4v) is 4.14. The van der Waals surface area contributed by atoms with E-state index in [1.54, 1.807) is 59.4 Å². The molecule has 0 saturated heterocycles. The SMILES string of the molecule is N#Cc1ccccc1-c1cc(-c2ccccn2)cn(-c2ccccc2)c1=O.O=S(=O)(O)c1ccccc1. The summed E-state index contributed by atoms with van der Waals surface area (Å²) in [5.74, 6) is 0. The Hall–Kier alpha value is -4.84. The molecule has 5 rings (SSSR count). The number of rotatable bonds is 4. The summed E-state index contributed by atoms with van der Waals surface area (Å²) in [6.07, 6.45) is 3.51. The summed E-state index contributed by atoms with van der Waals surface area (Å²) in [4.78, 5) is 17.6. The van der Waals surface area contributed by atoms with E-state index < -0.39 is 10.1 Å². The second-order valence-electron chi connectivity index (χ2n) is 7.81. The molecule has 0 aliphatic carbocycles. The van der Waals surface area contributed by atoms with Gasteiger partial charge in [-0.05, 0) is 48.5 Å². The first-order valence-corrected chi connectivity index (χ1v) is 12.6. The molecule has 0 amide bonds. The largest absolute Gasteiger partial charge is 0.294 e. The van der Waals surface area contributed by atoms with Crippen LogP contribution in [0.4, 0.5) is 0 Å². The van der Waals surface area contributed by atoms with Gasteiger partial charge in [0.25, 0.3) is 15.7 Å². The number of aromatic nitrogens is 2. The van der Waals surface area contributed by atoms with Crippen LogP contribution in [-0.2, 0) is 10.1 Å². The number of hydrogen-bond acceptors (Lipinski definition) is 5. The number of pyridine rings is 2. The molecular formula is C29H21N3O4S. The summed E-state index contributed by atoms with van der Waals surface area (Å²) >= 11 is 0. The van der Waals surface area contributed by atoms with Crippen LogP contribution in [0.1, 0.15) is 5.56 Å². The predicted octanol–water partition coefficient (Wildman–Crippen LogP) is 5.37. The van der Waals surface area contributed by atoms with Gasteiger partial charge >= 0.3 is 0 Å². The number of para-hydroxylation sites is 1. The van der Waals surface area contributed by atoms with Gasteiger partial charge in [-0.2, -0.15) is 13.7 Å². The van der Waals surface area contributed by atoms with Crippen molar-refractivity contribution < 1.29 is 13.0 Å². The normalized spacial score (nSPS) is 10.6. The first-order valence-electron chi connectivity index (χ1n) is 11.1. The molecule has 37 heavy (non-hydrogen) atoms. The van der Waals surface area contributed by atoms with Gasteiger partial charge in [0.05, 0.1) is 22.2 Å². The summed E-state index contributed by atoms with van der Waals surface area (Å²) < 4.78 is 30.8. The molecule has 0 radical (unpaired) electrons. The fraction of sp³-hybridized carbons (Fsp3) is 0. The molecule has 5 aromatic rings. The topological polar surface area (TPSA) is 113 Å². The van der Waals surface area contributed by atoms with Crippen molar-refractivity contribution >= 4 is 10.1 Å². The molecule has 2 heterocycles. The lowest BCUT2D eigenvalue weighted by Crippen LogP contribution is -2.20. The van der Waals surface area contributed by atoms with Crippen LogP contribution in [0.15, 0.2) is 131 Å². The van der Waals surface area contributed by atoms with Crippen LogP contribution in [0.5, 0.6) is 0 Å². The number of benzene rings is 3. The molecular weight excluding hydrogens is 486 g/mol. The minimum Gasteiger partial charge on any atom is -0.283 e. The maximum atomic E-state index is 13.3. The zero-order valence-electron chi connectivity index (χ0n) is 19.5. The molecule has 3 aromatic carbocycles. The van der Waals surface area contributed by atoms with Gasteiger partial charge in [-0.25, -0.2) is 0 Å². The van der Waals surface area contributed by atoms with E-state index in [0.29, 0.717) is 16.7 Å². The third-order valence-corrected chi connectivity index (χ3v) is 6.26. The summed E-state index contributed by atoms with van der Waals surface area (Å²) in [7, 11) is -4.00. The third kappa shape index (κ3) is 6.05. The molecule has 0 unspecified atom stereocenters. The molecule has 0 spiro atoms. The van der Waals surface area contributed by atoms with Crippen LogP contribution in [0.3, 0.4) is 0 Å². The minimum atomic E-state index is -4.00. The molecule has 0 aliphatic rings. The minimum absolute atomic E-state index is 0.0741. The van der Waals surface area contributed by atoms with E-state index in [9.17, 15) is 18.5 Å². The summed E-state index contributed by atoms with van der Waals surface area (Å²) in [5, 5.41) is 9.47. The van der Waals surface area contributed by atoms with E-state index in [-0.39, 0.29) is 10.5 Å². The van der Waals surface area contributed by atoms with Gasteiger partial charge in [0.15, 0.2) is 0 Å². The van der Waals surface area contributed by atoms with Crippen molar-refractivity contribution in [1.29, 1.82) is 5.26 Å². The van der Waals surface area contributed by atoms with E-state index in [1.807, 2.05) is 54.6 Å². The quantitative estimate of drug-likeness (QED) is 0.327. The third-order valence-electron chi connectivity index (χ3n) is 5.39. The van der Waals surface area contributed by atoms with Crippen molar-refractivity contribution in [1.82, 2.24) is 9.55 Å². The molecule has 2 aromatic heterocycles. The highest BCUT2D eigenvalue weighted by Gasteiger charge is 2.14. The number of nitrogens with zero attached hydrogens (tertiary/aromatic N) is 3. The van der Waals surface area contributed by atoms with Crippen molar-refractivity contribution in [2.24, 2.45) is 0 Å². The zero-order valence-corrected chi connectivity index (χ0v) is 20.3. The highest BCUT2D eigenvalue weighted by molar-refractivity contribution is 7.85. The average molecular weight is 508 g/mol. The Balaban J connectivity index is 0.000000270. The summed E-state index contributed by atoms with van der Waals surface area (Å²) in [6.45, 7) is 0. The molecule has 0 aliphatic heterocycles. The molecule has 0 saturated carbocycles. The average Bonchev–Trinajstić information content (AvgIpc) is 2.94. The van der Waals surface area contributed by atoms with E-state index in [0.717, 1.165) is 16.9 Å². The van der Waals surface area contributed by atoms with Crippen molar-refractivity contribution in [2.75, 3.05) is 0 Å². The van der Waals surface area contributed by atoms with E-state index >= 15 is 0 Å². The first-order chi connectivity index (χ1) is 17.9. The Bertz CT molecular complexity index is 1710. The summed E-state index contributed by atoms with van der Waals surface area (Å²) in [6, 6.07) is 33.6. The zero-order chi connectivity index (χ0) is 26.3. The monoisotopic (exact) mass is 507 g/mol. The molecule has 0 bridgehead atoms. The van der Waals surface area contributed by atoms with Gasteiger partial charge < -0.3 is 0 Å². The van der Waals surface area contributed by atoms with Crippen molar-refractivity contribution in [3.05, 3.63) is 138 Å². The van der Waals surface area contributed by atoms with Crippen molar-refractivity contribution in [3.63, 3.8) is 0 Å². The van der Waals surface area contributed by atoms with Crippen LogP contribution >= 0.6 is 0 Å². The fourth-order valence-electron chi connectivity index (χ4n) is 3.64. The summed E-state index contributed by atoms with van der Waals surface area (Å²) in [5.41, 5.74) is 3.71. The first kappa shape index (κ1) is 25.3. The molecule has 0 fully saturated rings. The predicted molar refractivity (Wildman–Crippen MR) is 142 cm³/mol. The Kier molecular flexibility index (Phi) is 7.69. The van der Waals surface area contributed by atoms with Gasteiger partial charge in [0, 0.05) is 34.8 Å². The second kappa shape index (κ2) is 11.3. The lowest BCUT2D eigenvalue weighted by atomic mass is 9.99. The maximum absolute atomic E-state index is 13.3. The van der Waals surface area contributed by atoms with E-state index in [4.69, 9.17) is 4.55 Å². The van der Waals surface area contributed by atoms with E-state index in [1.165, 1.54) is 12.1 Å². The van der Waals surface area contributed by atoms with Crippen LogP contribution in [0, 0.1) is 11.3 Å². The Morgan fingerprint density at radius 2 is 1.41 bits per heavy atom. The smallest absolute Gasteiger partial charge is 0.283 e.